The Hall–Kier alpha value is -3.45. The molecule has 1 aliphatic heterocycles. The smallest absolute Gasteiger partial charge is 0.281 e. The number of aryl methyl sites for hydroxylation is 2. The van der Waals surface area contributed by atoms with Gasteiger partial charge in [-0.05, 0) is 44.2 Å². The van der Waals surface area contributed by atoms with Crippen molar-refractivity contribution in [2.75, 3.05) is 31.2 Å². The van der Waals surface area contributed by atoms with E-state index in [4.69, 9.17) is 4.74 Å². The van der Waals surface area contributed by atoms with Crippen molar-refractivity contribution in [3.8, 4) is 11.4 Å². The van der Waals surface area contributed by atoms with Crippen molar-refractivity contribution >= 4 is 16.5 Å². The molecule has 152 valence electrons. The van der Waals surface area contributed by atoms with Gasteiger partial charge in [0, 0.05) is 47.4 Å². The molecule has 0 aliphatic carbocycles. The second kappa shape index (κ2) is 7.42. The highest BCUT2D eigenvalue weighted by Gasteiger charge is 2.19. The first-order valence-corrected chi connectivity index (χ1v) is 10.1. The van der Waals surface area contributed by atoms with Gasteiger partial charge in [0.2, 0.25) is 0 Å². The van der Waals surface area contributed by atoms with Crippen LogP contribution < -0.4 is 10.5 Å². The van der Waals surface area contributed by atoms with Crippen LogP contribution in [-0.4, -0.2) is 45.6 Å². The Labute approximate surface area is 174 Å². The number of hydrogen-bond acceptors (Lipinski definition) is 5. The van der Waals surface area contributed by atoms with Crippen LogP contribution in [0.5, 0.6) is 0 Å². The zero-order valence-electron chi connectivity index (χ0n) is 17.1. The highest BCUT2D eigenvalue weighted by molar-refractivity contribution is 5.88. The Morgan fingerprint density at radius 2 is 1.70 bits per heavy atom. The zero-order valence-corrected chi connectivity index (χ0v) is 17.1. The molecule has 1 fully saturated rings. The van der Waals surface area contributed by atoms with Gasteiger partial charge in [-0.1, -0.05) is 6.07 Å². The summed E-state index contributed by atoms with van der Waals surface area (Å²) in [5.74, 6) is 0. The lowest BCUT2D eigenvalue weighted by molar-refractivity contribution is 0.122. The second-order valence-corrected chi connectivity index (χ2v) is 7.49. The molecule has 0 unspecified atom stereocenters. The van der Waals surface area contributed by atoms with Gasteiger partial charge in [0.05, 0.1) is 36.7 Å². The van der Waals surface area contributed by atoms with Crippen LogP contribution in [0.2, 0.25) is 0 Å². The van der Waals surface area contributed by atoms with E-state index in [1.807, 2.05) is 19.9 Å². The van der Waals surface area contributed by atoms with Gasteiger partial charge >= 0.3 is 0 Å². The Balaban J connectivity index is 1.66. The molecule has 3 aromatic heterocycles. The van der Waals surface area contributed by atoms with E-state index in [2.05, 4.69) is 43.8 Å². The number of pyridine rings is 1. The number of aromatic nitrogens is 4. The van der Waals surface area contributed by atoms with Gasteiger partial charge in [0.15, 0.2) is 0 Å². The van der Waals surface area contributed by atoms with E-state index in [0.717, 1.165) is 48.8 Å². The quantitative estimate of drug-likeness (QED) is 0.528. The van der Waals surface area contributed by atoms with Gasteiger partial charge in [-0.3, -0.25) is 9.78 Å². The standard InChI is InChI=1S/C23H23N5O2/c1-16-21-15-25-28(20-7-4-8-24-14-20)23(29)22(21)17(2)27(16)19-6-3-5-18(13-19)26-9-11-30-12-10-26/h3-8,13-15H,9-12H2,1-2H3. The van der Waals surface area contributed by atoms with Gasteiger partial charge < -0.3 is 14.2 Å². The lowest BCUT2D eigenvalue weighted by Crippen LogP contribution is -2.36. The monoisotopic (exact) mass is 401 g/mol. The van der Waals surface area contributed by atoms with Crippen LogP contribution in [0.1, 0.15) is 11.4 Å². The van der Waals surface area contributed by atoms with E-state index in [1.165, 1.54) is 10.4 Å². The summed E-state index contributed by atoms with van der Waals surface area (Å²) in [5.41, 5.74) is 4.64. The van der Waals surface area contributed by atoms with Gasteiger partial charge in [0.25, 0.3) is 5.56 Å². The fraction of sp³-hybridized carbons (Fsp3) is 0.261. The lowest BCUT2D eigenvalue weighted by Gasteiger charge is -2.29. The van der Waals surface area contributed by atoms with E-state index >= 15 is 0 Å². The third-order valence-electron chi connectivity index (χ3n) is 5.75. The van der Waals surface area contributed by atoms with Crippen LogP contribution >= 0.6 is 0 Å². The third kappa shape index (κ3) is 2.98. The van der Waals surface area contributed by atoms with Crippen LogP contribution in [0, 0.1) is 13.8 Å². The SMILES string of the molecule is Cc1c2cnn(-c3cccnc3)c(=O)c2c(C)n1-c1cccc(N2CCOCC2)c1. The maximum Gasteiger partial charge on any atom is 0.281 e. The number of rotatable bonds is 3. The van der Waals surface area contributed by atoms with Crippen molar-refractivity contribution in [1.82, 2.24) is 19.3 Å². The summed E-state index contributed by atoms with van der Waals surface area (Å²) < 4.78 is 9.04. The van der Waals surface area contributed by atoms with E-state index in [0.29, 0.717) is 11.1 Å². The molecule has 30 heavy (non-hydrogen) atoms. The van der Waals surface area contributed by atoms with Crippen molar-refractivity contribution in [3.05, 3.63) is 76.7 Å². The van der Waals surface area contributed by atoms with Crippen molar-refractivity contribution in [3.63, 3.8) is 0 Å². The van der Waals surface area contributed by atoms with E-state index in [-0.39, 0.29) is 5.56 Å². The minimum absolute atomic E-state index is 0.135. The average molecular weight is 401 g/mol. The van der Waals surface area contributed by atoms with Crippen LogP contribution in [0.3, 0.4) is 0 Å². The number of fused-ring (bicyclic) bond motifs is 1. The number of ether oxygens (including phenoxy) is 1. The molecule has 0 N–H and O–H groups in total. The highest BCUT2D eigenvalue weighted by atomic mass is 16.5. The van der Waals surface area contributed by atoms with Gasteiger partial charge in [-0.15, -0.1) is 0 Å². The molecule has 7 nitrogen and oxygen atoms in total. The molecule has 0 atom stereocenters. The fourth-order valence-electron chi connectivity index (χ4n) is 4.26. The Bertz CT molecular complexity index is 1270. The summed E-state index contributed by atoms with van der Waals surface area (Å²) in [6.07, 6.45) is 5.10. The first-order chi connectivity index (χ1) is 14.6. The minimum atomic E-state index is -0.135. The maximum absolute atomic E-state index is 13.3. The number of nitrogens with zero attached hydrogens (tertiary/aromatic N) is 5. The highest BCUT2D eigenvalue weighted by Crippen LogP contribution is 2.28. The van der Waals surface area contributed by atoms with Crippen molar-refractivity contribution in [1.29, 1.82) is 0 Å². The Kier molecular flexibility index (Phi) is 4.59. The summed E-state index contributed by atoms with van der Waals surface area (Å²) in [5, 5.41) is 5.96. The summed E-state index contributed by atoms with van der Waals surface area (Å²) in [6, 6.07) is 12.1. The van der Waals surface area contributed by atoms with Gasteiger partial charge in [-0.2, -0.15) is 9.78 Å². The molecule has 7 heteroatoms. The van der Waals surface area contributed by atoms with E-state index in [1.54, 1.807) is 24.7 Å². The molecule has 0 amide bonds. The zero-order chi connectivity index (χ0) is 20.7. The van der Waals surface area contributed by atoms with Crippen LogP contribution in [0.15, 0.2) is 59.8 Å². The molecule has 5 rings (SSSR count). The maximum atomic E-state index is 13.3. The van der Waals surface area contributed by atoms with Gasteiger partial charge in [0.1, 0.15) is 0 Å². The molecule has 4 aromatic rings. The predicted octanol–water partition coefficient (Wildman–Crippen LogP) is 3.02. The summed E-state index contributed by atoms with van der Waals surface area (Å²) in [4.78, 5) is 19.7. The molecule has 0 spiro atoms. The van der Waals surface area contributed by atoms with Crippen molar-refractivity contribution < 1.29 is 4.74 Å². The molecule has 0 bridgehead atoms. The molecule has 4 heterocycles. The number of benzene rings is 1. The third-order valence-corrected chi connectivity index (χ3v) is 5.75. The molecule has 0 radical (unpaired) electrons. The predicted molar refractivity (Wildman–Crippen MR) is 117 cm³/mol. The molecule has 1 saturated heterocycles. The summed E-state index contributed by atoms with van der Waals surface area (Å²) in [6.45, 7) is 7.28. The molecule has 0 saturated carbocycles. The minimum Gasteiger partial charge on any atom is -0.378 e. The Morgan fingerprint density at radius 3 is 2.47 bits per heavy atom. The second-order valence-electron chi connectivity index (χ2n) is 7.49. The van der Waals surface area contributed by atoms with Crippen LogP contribution in [-0.2, 0) is 4.74 Å². The lowest BCUT2D eigenvalue weighted by atomic mass is 10.2. The molecular weight excluding hydrogens is 378 g/mol. The van der Waals surface area contributed by atoms with Gasteiger partial charge in [-0.25, -0.2) is 0 Å². The summed E-state index contributed by atoms with van der Waals surface area (Å²) >= 11 is 0. The fourth-order valence-corrected chi connectivity index (χ4v) is 4.26. The Morgan fingerprint density at radius 1 is 0.933 bits per heavy atom. The molecule has 1 aromatic carbocycles. The van der Waals surface area contributed by atoms with Crippen LogP contribution in [0.4, 0.5) is 5.69 Å². The van der Waals surface area contributed by atoms with Crippen molar-refractivity contribution in [2.24, 2.45) is 0 Å². The first kappa shape index (κ1) is 18.6. The average Bonchev–Trinajstić information content (AvgIpc) is 3.06. The van der Waals surface area contributed by atoms with Crippen LogP contribution in [0.25, 0.3) is 22.1 Å². The number of anilines is 1. The summed E-state index contributed by atoms with van der Waals surface area (Å²) in [7, 11) is 0. The normalized spacial score (nSPS) is 14.4. The number of morpholine rings is 1. The molecular formula is C23H23N5O2. The van der Waals surface area contributed by atoms with E-state index < -0.39 is 0 Å². The first-order valence-electron chi connectivity index (χ1n) is 10.1. The van der Waals surface area contributed by atoms with E-state index in [9.17, 15) is 4.79 Å². The topological polar surface area (TPSA) is 65.2 Å². The van der Waals surface area contributed by atoms with Crippen molar-refractivity contribution in [2.45, 2.75) is 13.8 Å². The number of hydrogen-bond donors (Lipinski definition) is 0. The molecule has 1 aliphatic rings. The largest absolute Gasteiger partial charge is 0.378 e.